The second-order valence-electron chi connectivity index (χ2n) is 6.60. The Labute approximate surface area is 171 Å². The van der Waals surface area contributed by atoms with Gasteiger partial charge >= 0.3 is 0 Å². The molecule has 1 N–H and O–H groups in total. The van der Waals surface area contributed by atoms with Gasteiger partial charge in [-0.1, -0.05) is 17.7 Å². The van der Waals surface area contributed by atoms with Gasteiger partial charge in [0.1, 0.15) is 16.7 Å². The number of pyridine rings is 1. The number of sulfone groups is 1. The van der Waals surface area contributed by atoms with Gasteiger partial charge in [-0.2, -0.15) is 0 Å². The fourth-order valence-corrected chi connectivity index (χ4v) is 4.50. The molecule has 0 aliphatic carbocycles. The van der Waals surface area contributed by atoms with Crippen LogP contribution in [0.2, 0.25) is 5.02 Å². The summed E-state index contributed by atoms with van der Waals surface area (Å²) in [5.74, 6) is -1.47. The molecular weight excluding hydrogens is 418 g/mol. The Bertz CT molecular complexity index is 1300. The van der Waals surface area contributed by atoms with E-state index in [0.29, 0.717) is 21.8 Å². The maximum absolute atomic E-state index is 13.9. The lowest BCUT2D eigenvalue weighted by Gasteiger charge is -2.06. The largest absolute Gasteiger partial charge is 0.346 e. The van der Waals surface area contributed by atoms with Crippen LogP contribution in [0.25, 0.3) is 22.0 Å². The van der Waals surface area contributed by atoms with E-state index in [2.05, 4.69) is 9.97 Å². The summed E-state index contributed by atoms with van der Waals surface area (Å²) >= 11 is 5.94. The summed E-state index contributed by atoms with van der Waals surface area (Å²) in [5, 5.41) is 1.38. The molecule has 8 heteroatoms. The van der Waals surface area contributed by atoms with E-state index in [0.717, 1.165) is 11.5 Å². The summed E-state index contributed by atoms with van der Waals surface area (Å²) in [4.78, 5) is 7.12. The van der Waals surface area contributed by atoms with Gasteiger partial charge in [0, 0.05) is 51.4 Å². The van der Waals surface area contributed by atoms with E-state index >= 15 is 0 Å². The molecule has 0 aliphatic rings. The van der Waals surface area contributed by atoms with E-state index in [1.165, 1.54) is 18.3 Å². The summed E-state index contributed by atoms with van der Waals surface area (Å²) in [5.41, 5.74) is 1.96. The van der Waals surface area contributed by atoms with Crippen molar-refractivity contribution in [1.82, 2.24) is 9.97 Å². The third-order valence-electron chi connectivity index (χ3n) is 4.59. The fourth-order valence-electron chi connectivity index (χ4n) is 3.05. The number of aromatic nitrogens is 2. The first kappa shape index (κ1) is 19.5. The van der Waals surface area contributed by atoms with E-state index in [1.54, 1.807) is 36.4 Å². The number of aryl methyl sites for hydroxylation is 1. The van der Waals surface area contributed by atoms with Gasteiger partial charge in [0.25, 0.3) is 0 Å². The molecule has 0 fully saturated rings. The molecule has 4 rings (SSSR count). The van der Waals surface area contributed by atoms with Crippen LogP contribution < -0.4 is 0 Å². The Hall–Kier alpha value is -2.77. The van der Waals surface area contributed by atoms with E-state index in [9.17, 15) is 17.2 Å². The number of nitrogens with one attached hydrogen (secondary N) is 1. The highest BCUT2D eigenvalue weighted by Crippen LogP contribution is 2.25. The molecule has 0 bridgehead atoms. The highest BCUT2D eigenvalue weighted by atomic mass is 35.5. The van der Waals surface area contributed by atoms with Crippen molar-refractivity contribution in [2.45, 2.75) is 11.4 Å². The van der Waals surface area contributed by atoms with Crippen LogP contribution in [0, 0.1) is 11.6 Å². The van der Waals surface area contributed by atoms with Crippen LogP contribution >= 0.6 is 11.6 Å². The molecule has 0 atom stereocenters. The molecule has 0 amide bonds. The number of H-pyrrole nitrogens is 1. The van der Waals surface area contributed by atoms with E-state index in [4.69, 9.17) is 11.6 Å². The van der Waals surface area contributed by atoms with Crippen molar-refractivity contribution in [3.63, 3.8) is 0 Å². The number of hydrogen-bond donors (Lipinski definition) is 1. The van der Waals surface area contributed by atoms with Crippen LogP contribution in [0.15, 0.2) is 65.8 Å². The van der Waals surface area contributed by atoms with Crippen molar-refractivity contribution in [2.24, 2.45) is 0 Å². The molecule has 148 valence electrons. The molecule has 2 aromatic heterocycles. The smallest absolute Gasteiger partial charge is 0.194 e. The zero-order valence-electron chi connectivity index (χ0n) is 15.0. The lowest BCUT2D eigenvalue weighted by molar-refractivity contribution is 0.585. The average Bonchev–Trinajstić information content (AvgIpc) is 3.11. The molecule has 4 nitrogen and oxygen atoms in total. The van der Waals surface area contributed by atoms with Crippen LogP contribution in [0.3, 0.4) is 0 Å². The van der Waals surface area contributed by atoms with E-state index in [-0.39, 0.29) is 22.8 Å². The predicted octanol–water partition coefficient (Wildman–Crippen LogP) is 5.18. The summed E-state index contributed by atoms with van der Waals surface area (Å²) in [7, 11) is -3.55. The van der Waals surface area contributed by atoms with Crippen LogP contribution in [0.4, 0.5) is 8.78 Å². The number of fused-ring (bicyclic) bond motifs is 1. The highest BCUT2D eigenvalue weighted by Gasteiger charge is 2.18. The quantitative estimate of drug-likeness (QED) is 0.472. The van der Waals surface area contributed by atoms with Crippen molar-refractivity contribution in [1.29, 1.82) is 0 Å². The predicted molar refractivity (Wildman–Crippen MR) is 109 cm³/mol. The lowest BCUT2D eigenvalue weighted by Crippen LogP contribution is -2.10. The number of nitrogens with zero attached hydrogens (tertiary/aromatic N) is 1. The molecular formula is C21H15ClF2N2O2S. The number of halogens is 3. The Morgan fingerprint density at radius 1 is 1.00 bits per heavy atom. The third-order valence-corrected chi connectivity index (χ3v) is 6.45. The monoisotopic (exact) mass is 432 g/mol. The third kappa shape index (κ3) is 4.16. The van der Waals surface area contributed by atoms with Crippen molar-refractivity contribution in [3.8, 4) is 11.1 Å². The van der Waals surface area contributed by atoms with Gasteiger partial charge in [0.15, 0.2) is 9.84 Å². The summed E-state index contributed by atoms with van der Waals surface area (Å²) in [6, 6.07) is 13.3. The van der Waals surface area contributed by atoms with E-state index < -0.39 is 21.5 Å². The minimum Gasteiger partial charge on any atom is -0.346 e. The van der Waals surface area contributed by atoms with Gasteiger partial charge in [-0.15, -0.1) is 0 Å². The average molecular weight is 433 g/mol. The van der Waals surface area contributed by atoms with Gasteiger partial charge in [-0.25, -0.2) is 17.2 Å². The minimum atomic E-state index is -3.55. The second-order valence-corrected chi connectivity index (χ2v) is 9.11. The Morgan fingerprint density at radius 2 is 1.83 bits per heavy atom. The Morgan fingerprint density at radius 3 is 2.55 bits per heavy atom. The highest BCUT2D eigenvalue weighted by molar-refractivity contribution is 7.91. The summed E-state index contributed by atoms with van der Waals surface area (Å²) < 4.78 is 52.2. The zero-order valence-corrected chi connectivity index (χ0v) is 16.6. The maximum atomic E-state index is 13.9. The van der Waals surface area contributed by atoms with Crippen LogP contribution in [-0.4, -0.2) is 24.1 Å². The summed E-state index contributed by atoms with van der Waals surface area (Å²) in [6.07, 6.45) is 1.65. The molecule has 29 heavy (non-hydrogen) atoms. The summed E-state index contributed by atoms with van der Waals surface area (Å²) in [6.45, 7) is 0. The Balaban J connectivity index is 1.50. The number of hydrogen-bond acceptors (Lipinski definition) is 3. The maximum Gasteiger partial charge on any atom is 0.194 e. The van der Waals surface area contributed by atoms with Gasteiger partial charge in [-0.05, 0) is 42.5 Å². The zero-order chi connectivity index (χ0) is 20.6. The first-order valence-corrected chi connectivity index (χ1v) is 10.8. The first-order valence-electron chi connectivity index (χ1n) is 8.73. The molecule has 0 saturated heterocycles. The Kier molecular flexibility index (Phi) is 5.10. The van der Waals surface area contributed by atoms with Crippen molar-refractivity contribution in [3.05, 3.63) is 83.1 Å². The molecule has 2 aromatic carbocycles. The van der Waals surface area contributed by atoms with Gasteiger partial charge in [0.05, 0.1) is 5.75 Å². The number of rotatable bonds is 5. The molecule has 0 spiro atoms. The minimum absolute atomic E-state index is 0.125. The van der Waals surface area contributed by atoms with Crippen molar-refractivity contribution >= 4 is 32.3 Å². The lowest BCUT2D eigenvalue weighted by atomic mass is 10.1. The fraction of sp³-hybridized carbons (Fsp3) is 0.0952. The van der Waals surface area contributed by atoms with Crippen molar-refractivity contribution < 1.29 is 17.2 Å². The number of benzene rings is 2. The van der Waals surface area contributed by atoms with Crippen LogP contribution in [-0.2, 0) is 16.3 Å². The van der Waals surface area contributed by atoms with Crippen molar-refractivity contribution in [2.75, 3.05) is 5.75 Å². The molecule has 0 saturated carbocycles. The van der Waals surface area contributed by atoms with E-state index in [1.807, 2.05) is 0 Å². The van der Waals surface area contributed by atoms with Gasteiger partial charge in [0.2, 0.25) is 0 Å². The first-order chi connectivity index (χ1) is 13.8. The normalized spacial score (nSPS) is 11.8. The molecule has 0 aliphatic heterocycles. The van der Waals surface area contributed by atoms with Crippen LogP contribution in [0.1, 0.15) is 5.69 Å². The second kappa shape index (κ2) is 7.57. The standard InChI is InChI=1S/C21H15ClF2N2O2S/c22-15-2-6-20-14(9-15)10-21(26-20)29(27,28)8-7-17-4-1-13(12-25-17)18-5-3-16(23)11-19(18)24/h1-6,9-12,26H,7-8H2. The molecule has 4 aromatic rings. The topological polar surface area (TPSA) is 62.8 Å². The van der Waals surface area contributed by atoms with Gasteiger partial charge in [-0.3, -0.25) is 4.98 Å². The SMILES string of the molecule is O=S(=O)(CCc1ccc(-c2ccc(F)cc2F)cn1)c1cc2cc(Cl)ccc2[nH]1. The molecule has 0 unspecified atom stereocenters. The molecule has 2 heterocycles. The number of aromatic amines is 1. The molecule has 0 radical (unpaired) electrons. The van der Waals surface area contributed by atoms with Gasteiger partial charge < -0.3 is 4.98 Å². The van der Waals surface area contributed by atoms with Crippen LogP contribution in [0.5, 0.6) is 0 Å².